The number of allylic oxidation sites excluding steroid dienone is 1. The average molecular weight is 463 g/mol. The molecule has 0 saturated heterocycles. The van der Waals surface area contributed by atoms with E-state index in [9.17, 15) is 9.59 Å². The van der Waals surface area contributed by atoms with Crippen LogP contribution in [0.15, 0.2) is 24.3 Å². The first-order valence-corrected chi connectivity index (χ1v) is 12.1. The molecule has 0 bridgehead atoms. The van der Waals surface area contributed by atoms with Crippen molar-refractivity contribution in [3.05, 3.63) is 35.4 Å². The third kappa shape index (κ3) is 11.3. The fraction of sp³-hybridized carbons (Fsp3) is 0.630. The topological polar surface area (TPSA) is 71.1 Å². The molecule has 0 heterocycles. The molecule has 1 atom stereocenters. The van der Waals surface area contributed by atoms with Crippen molar-refractivity contribution in [2.45, 2.75) is 90.6 Å². The Morgan fingerprint density at radius 2 is 1.67 bits per heavy atom. The van der Waals surface area contributed by atoms with Crippen molar-refractivity contribution in [1.82, 2.24) is 0 Å². The summed E-state index contributed by atoms with van der Waals surface area (Å²) in [6.07, 6.45) is 15.6. The van der Waals surface area contributed by atoms with Crippen molar-refractivity contribution in [2.75, 3.05) is 21.3 Å². The van der Waals surface area contributed by atoms with E-state index in [4.69, 9.17) is 18.9 Å². The van der Waals surface area contributed by atoms with Gasteiger partial charge >= 0.3 is 11.9 Å². The summed E-state index contributed by atoms with van der Waals surface area (Å²) in [5.41, 5.74) is 1.37. The maximum absolute atomic E-state index is 12.3. The lowest BCUT2D eigenvalue weighted by atomic mass is 9.99. The maximum atomic E-state index is 12.3. The summed E-state index contributed by atoms with van der Waals surface area (Å²) in [5.74, 6) is 0.538. The first kappa shape index (κ1) is 28.5. The molecule has 0 radical (unpaired) electrons. The minimum absolute atomic E-state index is 0.0992. The van der Waals surface area contributed by atoms with Gasteiger partial charge < -0.3 is 18.9 Å². The Bertz CT molecular complexity index is 740. The van der Waals surface area contributed by atoms with Gasteiger partial charge in [-0.1, -0.05) is 45.1 Å². The zero-order chi connectivity index (χ0) is 24.5. The van der Waals surface area contributed by atoms with E-state index >= 15 is 0 Å². The van der Waals surface area contributed by atoms with Crippen molar-refractivity contribution in [3.63, 3.8) is 0 Å². The quantitative estimate of drug-likeness (QED) is 0.151. The Kier molecular flexibility index (Phi) is 14.7. The zero-order valence-corrected chi connectivity index (χ0v) is 21.1. The number of carbonyl (C=O) groups excluding carboxylic acids is 2. The normalized spacial score (nSPS) is 11.9. The second-order valence-corrected chi connectivity index (χ2v) is 8.23. The lowest BCUT2D eigenvalue weighted by Gasteiger charge is -2.14. The van der Waals surface area contributed by atoms with Crippen molar-refractivity contribution in [2.24, 2.45) is 0 Å². The van der Waals surface area contributed by atoms with Crippen LogP contribution in [0.1, 0.15) is 94.0 Å². The number of hydrogen-bond acceptors (Lipinski definition) is 6. The molecule has 0 aliphatic carbocycles. The molecule has 0 saturated carbocycles. The number of rotatable bonds is 17. The van der Waals surface area contributed by atoms with Gasteiger partial charge in [0.25, 0.3) is 0 Å². The molecule has 0 aliphatic heterocycles. The van der Waals surface area contributed by atoms with Crippen LogP contribution in [-0.4, -0.2) is 39.4 Å². The Balaban J connectivity index is 2.42. The van der Waals surface area contributed by atoms with Gasteiger partial charge in [0.15, 0.2) is 0 Å². The molecule has 1 aromatic rings. The summed E-state index contributed by atoms with van der Waals surface area (Å²) < 4.78 is 21.1. The Morgan fingerprint density at radius 3 is 2.30 bits per heavy atom. The van der Waals surface area contributed by atoms with Crippen LogP contribution in [0.25, 0.3) is 0 Å². The molecule has 0 N–H and O–H groups in total. The van der Waals surface area contributed by atoms with Crippen LogP contribution in [-0.2, 0) is 20.7 Å². The second-order valence-electron chi connectivity index (χ2n) is 8.23. The van der Waals surface area contributed by atoms with E-state index in [1.807, 2.05) is 12.1 Å². The number of methoxy groups -OCH3 is 3. The van der Waals surface area contributed by atoms with E-state index < -0.39 is 5.97 Å². The molecule has 0 aromatic heterocycles. The number of aryl methyl sites for hydroxylation is 1. The molecule has 0 fully saturated rings. The number of esters is 2. The summed E-state index contributed by atoms with van der Waals surface area (Å²) in [6.45, 7) is 3.64. The van der Waals surface area contributed by atoms with Crippen LogP contribution >= 0.6 is 0 Å². The van der Waals surface area contributed by atoms with Crippen molar-refractivity contribution in [3.8, 4) is 11.5 Å². The Morgan fingerprint density at radius 1 is 0.939 bits per heavy atom. The predicted molar refractivity (Wildman–Crippen MR) is 131 cm³/mol. The fourth-order valence-corrected chi connectivity index (χ4v) is 3.81. The Hall–Kier alpha value is -2.50. The average Bonchev–Trinajstić information content (AvgIpc) is 2.81. The summed E-state index contributed by atoms with van der Waals surface area (Å²) >= 11 is 0. The summed E-state index contributed by atoms with van der Waals surface area (Å²) in [5, 5.41) is 0. The largest absolute Gasteiger partial charge is 0.497 e. The highest BCUT2D eigenvalue weighted by Gasteiger charge is 2.19. The van der Waals surface area contributed by atoms with E-state index in [0.29, 0.717) is 17.1 Å². The van der Waals surface area contributed by atoms with Gasteiger partial charge in [-0.05, 0) is 56.2 Å². The molecule has 0 unspecified atom stereocenters. The second kappa shape index (κ2) is 17.0. The minimum atomic E-state index is -0.391. The SMILES string of the molecule is CCCCC[C@H](/C=C\CCCCCCCc1cc(OC)cc(OC)c1C(=O)OC)OC(C)=O. The first-order valence-electron chi connectivity index (χ1n) is 12.1. The summed E-state index contributed by atoms with van der Waals surface area (Å²) in [6, 6.07) is 3.60. The highest BCUT2D eigenvalue weighted by Crippen LogP contribution is 2.30. The summed E-state index contributed by atoms with van der Waals surface area (Å²) in [7, 11) is 4.52. The van der Waals surface area contributed by atoms with E-state index in [1.165, 1.54) is 14.0 Å². The van der Waals surface area contributed by atoms with E-state index in [1.54, 1.807) is 20.3 Å². The summed E-state index contributed by atoms with van der Waals surface area (Å²) in [4.78, 5) is 23.5. The third-order valence-corrected chi connectivity index (χ3v) is 5.58. The number of unbranched alkanes of at least 4 members (excludes halogenated alkanes) is 7. The van der Waals surface area contributed by atoms with Crippen molar-refractivity contribution >= 4 is 11.9 Å². The zero-order valence-electron chi connectivity index (χ0n) is 21.1. The van der Waals surface area contributed by atoms with Crippen molar-refractivity contribution < 1.29 is 28.5 Å². The van der Waals surface area contributed by atoms with Crippen LogP contribution in [0.5, 0.6) is 11.5 Å². The lowest BCUT2D eigenvalue weighted by Crippen LogP contribution is -2.13. The molecule has 1 aromatic carbocycles. The molecule has 1 rings (SSSR count). The van der Waals surface area contributed by atoms with Crippen molar-refractivity contribution in [1.29, 1.82) is 0 Å². The van der Waals surface area contributed by atoms with Gasteiger partial charge in [0, 0.05) is 13.0 Å². The number of carbonyl (C=O) groups is 2. The third-order valence-electron chi connectivity index (χ3n) is 5.58. The minimum Gasteiger partial charge on any atom is -0.497 e. The van der Waals surface area contributed by atoms with Crippen LogP contribution in [0.2, 0.25) is 0 Å². The van der Waals surface area contributed by atoms with Crippen LogP contribution < -0.4 is 9.47 Å². The van der Waals surface area contributed by atoms with Gasteiger partial charge in [0.2, 0.25) is 0 Å². The molecule has 0 amide bonds. The Labute approximate surface area is 199 Å². The first-order chi connectivity index (χ1) is 16.0. The number of ether oxygens (including phenoxy) is 4. The van der Waals surface area contributed by atoms with Crippen LogP contribution in [0.4, 0.5) is 0 Å². The maximum Gasteiger partial charge on any atom is 0.341 e. The molecule has 186 valence electrons. The lowest BCUT2D eigenvalue weighted by molar-refractivity contribution is -0.144. The molecule has 0 spiro atoms. The van der Waals surface area contributed by atoms with E-state index in [-0.39, 0.29) is 12.1 Å². The van der Waals surface area contributed by atoms with E-state index in [2.05, 4.69) is 13.0 Å². The van der Waals surface area contributed by atoms with Gasteiger partial charge in [-0.3, -0.25) is 4.79 Å². The van der Waals surface area contributed by atoms with Gasteiger partial charge in [0.1, 0.15) is 23.2 Å². The number of benzene rings is 1. The highest BCUT2D eigenvalue weighted by molar-refractivity contribution is 5.94. The molecule has 6 nitrogen and oxygen atoms in total. The van der Waals surface area contributed by atoms with E-state index in [0.717, 1.165) is 76.2 Å². The van der Waals surface area contributed by atoms with Gasteiger partial charge in [-0.15, -0.1) is 0 Å². The van der Waals surface area contributed by atoms with Crippen LogP contribution in [0, 0.1) is 0 Å². The molecule has 6 heteroatoms. The van der Waals surface area contributed by atoms with Gasteiger partial charge in [0.05, 0.1) is 21.3 Å². The molecular formula is C27H42O6. The standard InChI is InChI=1S/C27H42O6/c1-6-7-13-17-23(33-21(2)28)18-15-12-10-8-9-11-14-16-22-19-24(30-3)20-25(31-4)26(22)27(29)32-5/h15,18-20,23H,6-14,16-17H2,1-5H3/b18-15-/t23-/m1/s1. The smallest absolute Gasteiger partial charge is 0.341 e. The highest BCUT2D eigenvalue weighted by atomic mass is 16.5. The van der Waals surface area contributed by atoms with Crippen LogP contribution in [0.3, 0.4) is 0 Å². The fourth-order valence-electron chi connectivity index (χ4n) is 3.81. The monoisotopic (exact) mass is 462 g/mol. The van der Waals surface area contributed by atoms with Gasteiger partial charge in [-0.25, -0.2) is 4.79 Å². The molecule has 0 aliphatic rings. The predicted octanol–water partition coefficient (Wildman–Crippen LogP) is 6.44. The molecule has 33 heavy (non-hydrogen) atoms. The van der Waals surface area contributed by atoms with Gasteiger partial charge in [-0.2, -0.15) is 0 Å². The molecular weight excluding hydrogens is 420 g/mol. The number of hydrogen-bond donors (Lipinski definition) is 0.